The largest absolute Gasteiger partial charge is 0.466 e. The SMILES string of the molecule is CCOC(=O)C1CCC(c2ccc3c(c2)C2(CCCCC2)c2nc(=O)c4c(Cl)cccc4n2-3)CC1. The highest BCUT2D eigenvalue weighted by Crippen LogP contribution is 2.52. The lowest BCUT2D eigenvalue weighted by Gasteiger charge is -2.34. The summed E-state index contributed by atoms with van der Waals surface area (Å²) < 4.78 is 7.46. The van der Waals surface area contributed by atoms with Crippen molar-refractivity contribution in [1.82, 2.24) is 9.55 Å². The van der Waals surface area contributed by atoms with Crippen LogP contribution >= 0.6 is 11.6 Å². The Morgan fingerprint density at radius 2 is 1.89 bits per heavy atom. The summed E-state index contributed by atoms with van der Waals surface area (Å²) in [6, 6.07) is 12.5. The minimum absolute atomic E-state index is 0.0286. The maximum atomic E-state index is 13.1. The predicted molar refractivity (Wildman–Crippen MR) is 138 cm³/mol. The number of carbonyl (C=O) groups is 1. The molecule has 5 nitrogen and oxygen atoms in total. The number of carbonyl (C=O) groups excluding carboxylic acids is 1. The predicted octanol–water partition coefficient (Wildman–Crippen LogP) is 6.44. The molecule has 0 atom stereocenters. The molecule has 35 heavy (non-hydrogen) atoms. The number of nitrogens with zero attached hydrogens (tertiary/aromatic N) is 2. The molecular formula is C29H31ClN2O3. The van der Waals surface area contributed by atoms with E-state index in [2.05, 4.69) is 22.8 Å². The third kappa shape index (κ3) is 3.54. The molecule has 0 saturated heterocycles. The van der Waals surface area contributed by atoms with Gasteiger partial charge in [0.05, 0.1) is 39.6 Å². The van der Waals surface area contributed by atoms with Gasteiger partial charge in [0.2, 0.25) is 0 Å². The Morgan fingerprint density at radius 1 is 1.11 bits per heavy atom. The standard InChI is InChI=1S/C29H31ClN2O3/c1-2-35-27(34)19-11-9-18(10-12-19)20-13-14-23-21(17-20)29(15-4-3-5-16-29)28-31-26(33)25-22(30)7-6-8-24(25)32(23)28/h6-8,13-14,17-19H,2-5,9-12,15-16H2,1H3. The summed E-state index contributed by atoms with van der Waals surface area (Å²) in [5.41, 5.74) is 4.17. The van der Waals surface area contributed by atoms with Gasteiger partial charge in [-0.05, 0) is 80.7 Å². The van der Waals surface area contributed by atoms with Gasteiger partial charge in [0.15, 0.2) is 0 Å². The van der Waals surface area contributed by atoms with Crippen LogP contribution in [-0.4, -0.2) is 22.1 Å². The van der Waals surface area contributed by atoms with E-state index >= 15 is 0 Å². The number of halogens is 1. The van der Waals surface area contributed by atoms with Gasteiger partial charge in [0, 0.05) is 0 Å². The molecule has 6 heteroatoms. The summed E-state index contributed by atoms with van der Waals surface area (Å²) in [7, 11) is 0. The maximum absolute atomic E-state index is 13.1. The van der Waals surface area contributed by atoms with Crippen LogP contribution in [0.5, 0.6) is 0 Å². The van der Waals surface area contributed by atoms with E-state index in [-0.39, 0.29) is 22.9 Å². The fraction of sp³-hybridized carbons (Fsp3) is 0.483. The summed E-state index contributed by atoms with van der Waals surface area (Å²) in [4.78, 5) is 30.0. The first-order valence-electron chi connectivity index (χ1n) is 13.1. The minimum atomic E-state index is -0.230. The fourth-order valence-corrected chi connectivity index (χ4v) is 7.12. The highest BCUT2D eigenvalue weighted by Gasteiger charge is 2.46. The Kier molecular flexibility index (Phi) is 5.71. The van der Waals surface area contributed by atoms with Gasteiger partial charge in [-0.25, -0.2) is 0 Å². The van der Waals surface area contributed by atoms with E-state index in [9.17, 15) is 9.59 Å². The molecule has 2 saturated carbocycles. The summed E-state index contributed by atoms with van der Waals surface area (Å²) in [6.07, 6.45) is 9.27. The second kappa shape index (κ2) is 8.77. The van der Waals surface area contributed by atoms with Crippen LogP contribution in [0.15, 0.2) is 41.2 Å². The third-order valence-electron chi connectivity index (χ3n) is 8.60. The van der Waals surface area contributed by atoms with Crippen LogP contribution in [0.3, 0.4) is 0 Å². The van der Waals surface area contributed by atoms with Crippen LogP contribution in [0.25, 0.3) is 16.6 Å². The van der Waals surface area contributed by atoms with Gasteiger partial charge in [0.1, 0.15) is 5.82 Å². The number of aromatic nitrogens is 2. The van der Waals surface area contributed by atoms with Crippen molar-refractivity contribution in [3.05, 3.63) is 68.7 Å². The molecule has 0 amide bonds. The molecule has 2 aliphatic carbocycles. The summed E-state index contributed by atoms with van der Waals surface area (Å²) in [6.45, 7) is 2.32. The smallest absolute Gasteiger partial charge is 0.308 e. The van der Waals surface area contributed by atoms with Crippen molar-refractivity contribution in [2.75, 3.05) is 6.61 Å². The quantitative estimate of drug-likeness (QED) is 0.396. The molecule has 6 rings (SSSR count). The van der Waals surface area contributed by atoms with Crippen LogP contribution in [0.1, 0.15) is 87.6 Å². The zero-order valence-corrected chi connectivity index (χ0v) is 20.9. The van der Waals surface area contributed by atoms with Crippen molar-refractivity contribution in [3.63, 3.8) is 0 Å². The third-order valence-corrected chi connectivity index (χ3v) is 8.91. The van der Waals surface area contributed by atoms with Gasteiger partial charge in [-0.2, -0.15) is 4.98 Å². The van der Waals surface area contributed by atoms with Crippen molar-refractivity contribution in [1.29, 1.82) is 0 Å². The van der Waals surface area contributed by atoms with Crippen LogP contribution < -0.4 is 5.56 Å². The Balaban J connectivity index is 1.44. The average Bonchev–Trinajstić information content (AvgIpc) is 3.13. The van der Waals surface area contributed by atoms with Crippen molar-refractivity contribution in [2.24, 2.45) is 5.92 Å². The van der Waals surface area contributed by atoms with Crippen LogP contribution in [-0.2, 0) is 14.9 Å². The average molecular weight is 491 g/mol. The molecular weight excluding hydrogens is 460 g/mol. The molecule has 1 aromatic heterocycles. The topological polar surface area (TPSA) is 61.2 Å². The Morgan fingerprint density at radius 3 is 2.63 bits per heavy atom. The van der Waals surface area contributed by atoms with E-state index in [0.29, 0.717) is 22.9 Å². The maximum Gasteiger partial charge on any atom is 0.308 e. The van der Waals surface area contributed by atoms with E-state index in [1.807, 2.05) is 19.1 Å². The number of hydrogen-bond acceptors (Lipinski definition) is 4. The van der Waals surface area contributed by atoms with Crippen molar-refractivity contribution in [3.8, 4) is 5.69 Å². The number of hydrogen-bond donors (Lipinski definition) is 0. The zero-order chi connectivity index (χ0) is 24.2. The van der Waals surface area contributed by atoms with Crippen molar-refractivity contribution in [2.45, 2.75) is 76.0 Å². The van der Waals surface area contributed by atoms with Gasteiger partial charge in [-0.3, -0.25) is 14.2 Å². The minimum Gasteiger partial charge on any atom is -0.466 e. The molecule has 1 spiro atoms. The van der Waals surface area contributed by atoms with E-state index in [4.69, 9.17) is 21.3 Å². The number of esters is 1. The fourth-order valence-electron chi connectivity index (χ4n) is 6.87. The molecule has 2 heterocycles. The second-order valence-electron chi connectivity index (χ2n) is 10.4. The Hall–Kier alpha value is -2.66. The van der Waals surface area contributed by atoms with Crippen LogP contribution in [0, 0.1) is 5.92 Å². The Labute approximate surface area is 210 Å². The zero-order valence-electron chi connectivity index (χ0n) is 20.2. The Bertz CT molecular complexity index is 1360. The lowest BCUT2D eigenvalue weighted by molar-refractivity contribution is -0.149. The molecule has 0 bridgehead atoms. The highest BCUT2D eigenvalue weighted by atomic mass is 35.5. The monoisotopic (exact) mass is 490 g/mol. The molecule has 0 unspecified atom stereocenters. The van der Waals surface area contributed by atoms with Gasteiger partial charge in [-0.1, -0.05) is 49.1 Å². The molecule has 3 aliphatic rings. The number of fused-ring (bicyclic) bond motifs is 7. The van der Waals surface area contributed by atoms with Crippen LogP contribution in [0.2, 0.25) is 5.02 Å². The molecule has 182 valence electrons. The van der Waals surface area contributed by atoms with Gasteiger partial charge >= 0.3 is 5.97 Å². The normalized spacial score (nSPS) is 22.7. The molecule has 0 N–H and O–H groups in total. The molecule has 3 aromatic rings. The first kappa shape index (κ1) is 22.8. The van der Waals surface area contributed by atoms with Gasteiger partial charge in [0.25, 0.3) is 5.56 Å². The van der Waals surface area contributed by atoms with Crippen LogP contribution in [0.4, 0.5) is 0 Å². The summed E-state index contributed by atoms with van der Waals surface area (Å²) >= 11 is 6.46. The first-order chi connectivity index (χ1) is 17.0. The van der Waals surface area contributed by atoms with Gasteiger partial charge in [-0.15, -0.1) is 0 Å². The molecule has 1 aliphatic heterocycles. The van der Waals surface area contributed by atoms with E-state index in [0.717, 1.165) is 68.4 Å². The molecule has 2 fully saturated rings. The highest BCUT2D eigenvalue weighted by molar-refractivity contribution is 6.35. The number of ether oxygens (including phenoxy) is 1. The summed E-state index contributed by atoms with van der Waals surface area (Å²) in [5, 5.41) is 0.953. The lowest BCUT2D eigenvalue weighted by atomic mass is 9.69. The lowest BCUT2D eigenvalue weighted by Crippen LogP contribution is -2.32. The summed E-state index contributed by atoms with van der Waals surface area (Å²) in [5.74, 6) is 1.31. The van der Waals surface area contributed by atoms with Gasteiger partial charge < -0.3 is 4.74 Å². The van der Waals surface area contributed by atoms with E-state index in [1.165, 1.54) is 17.5 Å². The first-order valence-corrected chi connectivity index (χ1v) is 13.4. The molecule has 0 radical (unpaired) electrons. The number of rotatable bonds is 3. The van der Waals surface area contributed by atoms with Crippen molar-refractivity contribution < 1.29 is 9.53 Å². The van der Waals surface area contributed by atoms with E-state index < -0.39 is 0 Å². The second-order valence-corrected chi connectivity index (χ2v) is 10.8. The molecule has 2 aromatic carbocycles. The number of benzene rings is 2. The van der Waals surface area contributed by atoms with E-state index in [1.54, 1.807) is 6.07 Å². The van der Waals surface area contributed by atoms with Crippen molar-refractivity contribution >= 4 is 28.5 Å².